The van der Waals surface area contributed by atoms with Gasteiger partial charge in [-0.05, 0) is 32.7 Å². The summed E-state index contributed by atoms with van der Waals surface area (Å²) in [5.41, 5.74) is 0. The fourth-order valence-electron chi connectivity index (χ4n) is 1.40. The molecule has 1 saturated heterocycles. The molecule has 0 saturated carbocycles. The number of hydrogen-bond donors (Lipinski definition) is 2. The van der Waals surface area contributed by atoms with Crippen molar-refractivity contribution in [2.45, 2.75) is 38.3 Å². The van der Waals surface area contributed by atoms with Crippen molar-refractivity contribution in [2.24, 2.45) is 0 Å². The van der Waals surface area contributed by atoms with Gasteiger partial charge >= 0.3 is 0 Å². The lowest BCUT2D eigenvalue weighted by atomic mass is 10.1. The summed E-state index contributed by atoms with van der Waals surface area (Å²) in [7, 11) is 0. The van der Waals surface area contributed by atoms with E-state index in [-0.39, 0.29) is 6.10 Å². The number of nitrogens with one attached hydrogen (secondary N) is 1. The van der Waals surface area contributed by atoms with Gasteiger partial charge in [0.25, 0.3) is 0 Å². The number of aliphatic hydroxyl groups is 1. The molecular weight excluding hydrogens is 154 g/mol. The molecule has 2 unspecified atom stereocenters. The van der Waals surface area contributed by atoms with Crippen molar-refractivity contribution in [3.8, 4) is 0 Å². The third kappa shape index (κ3) is 4.04. The normalized spacial score (nSPS) is 27.0. The summed E-state index contributed by atoms with van der Waals surface area (Å²) in [6.45, 7) is 4.46. The van der Waals surface area contributed by atoms with E-state index < -0.39 is 0 Å². The predicted octanol–water partition coefficient (Wildman–Crippen LogP) is 0.526. The third-order valence-electron chi connectivity index (χ3n) is 2.16. The molecule has 0 spiro atoms. The van der Waals surface area contributed by atoms with Crippen molar-refractivity contribution in [3.63, 3.8) is 0 Å². The van der Waals surface area contributed by atoms with Gasteiger partial charge in [0.05, 0.1) is 12.7 Å². The van der Waals surface area contributed by atoms with Crippen LogP contribution in [0.5, 0.6) is 0 Å². The molecule has 2 N–H and O–H groups in total. The number of hydrogen-bond acceptors (Lipinski definition) is 3. The highest BCUT2D eigenvalue weighted by molar-refractivity contribution is 4.69. The van der Waals surface area contributed by atoms with E-state index in [0.29, 0.717) is 6.04 Å². The maximum atomic E-state index is 9.01. The molecule has 0 bridgehead atoms. The van der Waals surface area contributed by atoms with Crippen molar-refractivity contribution >= 4 is 0 Å². The molecule has 12 heavy (non-hydrogen) atoms. The number of ether oxygens (including phenoxy) is 1. The highest BCUT2D eigenvalue weighted by Gasteiger charge is 2.12. The molecule has 1 rings (SSSR count). The Kier molecular flexibility index (Phi) is 4.58. The predicted molar refractivity (Wildman–Crippen MR) is 48.1 cm³/mol. The molecule has 3 heteroatoms. The standard InChI is InChI=1S/C9H19NO2/c1-8(11)4-5-10-9-3-2-6-12-7-9/h8-11H,2-7H2,1H3. The van der Waals surface area contributed by atoms with Gasteiger partial charge in [-0.25, -0.2) is 0 Å². The SMILES string of the molecule is CC(O)CCNC1CCCOC1. The van der Waals surface area contributed by atoms with Crippen LogP contribution in [0, 0.1) is 0 Å². The monoisotopic (exact) mass is 173 g/mol. The summed E-state index contributed by atoms with van der Waals surface area (Å²) in [5.74, 6) is 0. The Morgan fingerprint density at radius 2 is 2.50 bits per heavy atom. The topological polar surface area (TPSA) is 41.5 Å². The molecule has 0 aromatic heterocycles. The molecular formula is C9H19NO2. The summed E-state index contributed by atoms with van der Waals surface area (Å²) >= 11 is 0. The first kappa shape index (κ1) is 9.96. The van der Waals surface area contributed by atoms with E-state index in [0.717, 1.165) is 32.6 Å². The minimum absolute atomic E-state index is 0.193. The van der Waals surface area contributed by atoms with Crippen molar-refractivity contribution in [1.82, 2.24) is 5.32 Å². The van der Waals surface area contributed by atoms with Crippen LogP contribution < -0.4 is 5.32 Å². The highest BCUT2D eigenvalue weighted by Crippen LogP contribution is 2.05. The zero-order chi connectivity index (χ0) is 8.81. The zero-order valence-electron chi connectivity index (χ0n) is 7.75. The minimum Gasteiger partial charge on any atom is -0.393 e. The lowest BCUT2D eigenvalue weighted by molar-refractivity contribution is 0.0688. The Bertz CT molecular complexity index is 111. The minimum atomic E-state index is -0.193. The average Bonchev–Trinajstić information content (AvgIpc) is 2.05. The van der Waals surface area contributed by atoms with Crippen LogP contribution in [0.2, 0.25) is 0 Å². The van der Waals surface area contributed by atoms with Crippen LogP contribution in [-0.2, 0) is 4.74 Å². The van der Waals surface area contributed by atoms with E-state index in [9.17, 15) is 0 Å². The number of aliphatic hydroxyl groups excluding tert-OH is 1. The zero-order valence-corrected chi connectivity index (χ0v) is 7.75. The van der Waals surface area contributed by atoms with Crippen molar-refractivity contribution in [3.05, 3.63) is 0 Å². The summed E-state index contributed by atoms with van der Waals surface area (Å²) < 4.78 is 5.31. The Hall–Kier alpha value is -0.120. The van der Waals surface area contributed by atoms with E-state index in [2.05, 4.69) is 5.32 Å². The first-order chi connectivity index (χ1) is 5.79. The molecule has 0 amide bonds. The molecule has 1 heterocycles. The summed E-state index contributed by atoms with van der Waals surface area (Å²) in [5, 5.41) is 12.4. The van der Waals surface area contributed by atoms with Crippen molar-refractivity contribution in [1.29, 1.82) is 0 Å². The van der Waals surface area contributed by atoms with E-state index in [1.807, 2.05) is 6.92 Å². The van der Waals surface area contributed by atoms with Crippen molar-refractivity contribution < 1.29 is 9.84 Å². The maximum Gasteiger partial charge on any atom is 0.0619 e. The molecule has 1 aliphatic rings. The fourth-order valence-corrected chi connectivity index (χ4v) is 1.40. The molecule has 0 aromatic rings. The lowest BCUT2D eigenvalue weighted by Crippen LogP contribution is -2.37. The van der Waals surface area contributed by atoms with Gasteiger partial charge in [0, 0.05) is 12.6 Å². The Morgan fingerprint density at radius 1 is 1.67 bits per heavy atom. The second-order valence-corrected chi connectivity index (χ2v) is 3.51. The quantitative estimate of drug-likeness (QED) is 0.651. The van der Waals surface area contributed by atoms with Gasteiger partial charge in [0.1, 0.15) is 0 Å². The molecule has 1 fully saturated rings. The Morgan fingerprint density at radius 3 is 3.08 bits per heavy atom. The van der Waals surface area contributed by atoms with Crippen LogP contribution in [0.4, 0.5) is 0 Å². The Labute approximate surface area is 74.1 Å². The van der Waals surface area contributed by atoms with Crippen LogP contribution in [-0.4, -0.2) is 37.0 Å². The van der Waals surface area contributed by atoms with Gasteiger partial charge < -0.3 is 15.2 Å². The van der Waals surface area contributed by atoms with Crippen LogP contribution in [0.1, 0.15) is 26.2 Å². The summed E-state index contributed by atoms with van der Waals surface area (Å²) in [6, 6.07) is 0.512. The largest absolute Gasteiger partial charge is 0.393 e. The van der Waals surface area contributed by atoms with E-state index in [4.69, 9.17) is 9.84 Å². The van der Waals surface area contributed by atoms with Crippen LogP contribution >= 0.6 is 0 Å². The number of rotatable bonds is 4. The van der Waals surface area contributed by atoms with Gasteiger partial charge in [0.2, 0.25) is 0 Å². The Balaban J connectivity index is 1.98. The first-order valence-electron chi connectivity index (χ1n) is 4.78. The third-order valence-corrected chi connectivity index (χ3v) is 2.16. The van der Waals surface area contributed by atoms with Crippen LogP contribution in [0.25, 0.3) is 0 Å². The maximum absolute atomic E-state index is 9.01. The molecule has 3 nitrogen and oxygen atoms in total. The first-order valence-corrected chi connectivity index (χ1v) is 4.78. The summed E-state index contributed by atoms with van der Waals surface area (Å²) in [6.07, 6.45) is 3.00. The van der Waals surface area contributed by atoms with Crippen molar-refractivity contribution in [2.75, 3.05) is 19.8 Å². The molecule has 2 atom stereocenters. The fraction of sp³-hybridized carbons (Fsp3) is 1.00. The van der Waals surface area contributed by atoms with Gasteiger partial charge in [-0.15, -0.1) is 0 Å². The van der Waals surface area contributed by atoms with Gasteiger partial charge in [-0.1, -0.05) is 0 Å². The molecule has 1 aliphatic heterocycles. The lowest BCUT2D eigenvalue weighted by Gasteiger charge is -2.23. The van der Waals surface area contributed by atoms with Crippen LogP contribution in [0.15, 0.2) is 0 Å². The van der Waals surface area contributed by atoms with E-state index in [1.165, 1.54) is 6.42 Å². The molecule has 0 radical (unpaired) electrons. The van der Waals surface area contributed by atoms with Gasteiger partial charge in [-0.2, -0.15) is 0 Å². The van der Waals surface area contributed by atoms with Gasteiger partial charge in [-0.3, -0.25) is 0 Å². The molecule has 0 aromatic carbocycles. The molecule has 72 valence electrons. The molecule has 0 aliphatic carbocycles. The van der Waals surface area contributed by atoms with E-state index >= 15 is 0 Å². The highest BCUT2D eigenvalue weighted by atomic mass is 16.5. The summed E-state index contributed by atoms with van der Waals surface area (Å²) in [4.78, 5) is 0. The average molecular weight is 173 g/mol. The second kappa shape index (κ2) is 5.51. The van der Waals surface area contributed by atoms with E-state index in [1.54, 1.807) is 0 Å². The van der Waals surface area contributed by atoms with Crippen LogP contribution in [0.3, 0.4) is 0 Å². The van der Waals surface area contributed by atoms with Gasteiger partial charge in [0.15, 0.2) is 0 Å². The smallest absolute Gasteiger partial charge is 0.0619 e. The second-order valence-electron chi connectivity index (χ2n) is 3.51.